The second kappa shape index (κ2) is 36.4. The highest BCUT2D eigenvalue weighted by Crippen LogP contribution is 2.28. The zero-order valence-electron chi connectivity index (χ0n) is 42.7. The lowest BCUT2D eigenvalue weighted by molar-refractivity contribution is -0.167. The van der Waals surface area contributed by atoms with Gasteiger partial charge in [0.15, 0.2) is 0 Å². The molecule has 21 nitrogen and oxygen atoms in total. The number of carbonyl (C=O) groups excluding carboxylic acids is 8. The van der Waals surface area contributed by atoms with E-state index in [2.05, 4.69) is 52.6 Å². The summed E-state index contributed by atoms with van der Waals surface area (Å²) >= 11 is 0. The summed E-state index contributed by atoms with van der Waals surface area (Å²) < 4.78 is 73.0. The van der Waals surface area contributed by atoms with E-state index in [1.807, 2.05) is 13.8 Å². The fraction of sp³-hybridized carbons (Fsp3) is 0.538. The molecule has 0 atom stereocenters. The number of hydrogen-bond donors (Lipinski definition) is 0. The molecule has 0 N–H and O–H groups in total. The first-order valence-electron chi connectivity index (χ1n) is 22.9. The monoisotopic (exact) mass is 1030 g/mol. The van der Waals surface area contributed by atoms with Gasteiger partial charge < -0.3 is 61.6 Å². The van der Waals surface area contributed by atoms with Gasteiger partial charge in [-0.05, 0) is 40.5 Å². The quantitative estimate of drug-likeness (QED) is 0.0354. The maximum atomic E-state index is 12.3. The van der Waals surface area contributed by atoms with Gasteiger partial charge in [-0.15, -0.1) is 0 Å². The standard InChI is InChI=1S/C52H74O21/c1-13-41(53)64-27-39(28-65-42(54)14-2)25-62-32-51(34-68-45(57)17-5,35-69-46(58)18-6)31-61-23-21-49(9,10)72-24-22-50(11,12)73-38-52(36-70-47(59)19-7,37-71-48(60)20-8)33-63-26-40(29-66-43(55)15-3)30-67-44(56)16-4/h13-20,39-40H,1-8,21-38H2,9-12H3. The summed E-state index contributed by atoms with van der Waals surface area (Å²) in [6.45, 7) is 31.4. The summed E-state index contributed by atoms with van der Waals surface area (Å²) in [6.07, 6.45) is 8.37. The third kappa shape index (κ3) is 31.5. The molecule has 0 saturated heterocycles. The minimum Gasteiger partial charge on any atom is -0.462 e. The Morgan fingerprint density at radius 1 is 0.329 bits per heavy atom. The van der Waals surface area contributed by atoms with E-state index in [9.17, 15) is 38.4 Å². The Hall–Kier alpha value is -6.52. The van der Waals surface area contributed by atoms with Crippen molar-refractivity contribution in [3.8, 4) is 0 Å². The van der Waals surface area contributed by atoms with E-state index in [1.54, 1.807) is 13.8 Å². The molecule has 0 radical (unpaired) electrons. The molecule has 0 aliphatic rings. The van der Waals surface area contributed by atoms with Crippen molar-refractivity contribution in [3.63, 3.8) is 0 Å². The number of rotatable bonds is 44. The van der Waals surface area contributed by atoms with Gasteiger partial charge >= 0.3 is 47.8 Å². The average Bonchev–Trinajstić information content (AvgIpc) is 3.38. The van der Waals surface area contributed by atoms with Crippen LogP contribution in [-0.2, 0) is 99.9 Å². The lowest BCUT2D eigenvalue weighted by Crippen LogP contribution is -2.45. The summed E-state index contributed by atoms with van der Waals surface area (Å²) in [7, 11) is 0. The molecule has 0 amide bonds. The van der Waals surface area contributed by atoms with Crippen molar-refractivity contribution in [2.45, 2.75) is 51.7 Å². The fourth-order valence-electron chi connectivity index (χ4n) is 5.51. The predicted molar refractivity (Wildman–Crippen MR) is 263 cm³/mol. The lowest BCUT2D eigenvalue weighted by atomic mass is 9.91. The van der Waals surface area contributed by atoms with E-state index in [-0.39, 0.29) is 106 Å². The van der Waals surface area contributed by atoms with Crippen LogP contribution in [0.5, 0.6) is 0 Å². The Kier molecular flexibility index (Phi) is 33.2. The largest absolute Gasteiger partial charge is 0.462 e. The molecule has 0 aliphatic carbocycles. The summed E-state index contributed by atoms with van der Waals surface area (Å²) in [5.74, 6) is -7.22. The molecule has 408 valence electrons. The summed E-state index contributed by atoms with van der Waals surface area (Å²) in [4.78, 5) is 96.2. The van der Waals surface area contributed by atoms with Gasteiger partial charge in [-0.25, -0.2) is 38.4 Å². The summed E-state index contributed by atoms with van der Waals surface area (Å²) in [5, 5.41) is 0. The molecule has 21 heteroatoms. The zero-order valence-corrected chi connectivity index (χ0v) is 42.7. The van der Waals surface area contributed by atoms with Crippen LogP contribution >= 0.6 is 0 Å². The van der Waals surface area contributed by atoms with Crippen LogP contribution < -0.4 is 0 Å². The van der Waals surface area contributed by atoms with Crippen molar-refractivity contribution < 1.29 is 99.9 Å². The van der Waals surface area contributed by atoms with Crippen molar-refractivity contribution in [2.24, 2.45) is 22.7 Å². The fourth-order valence-corrected chi connectivity index (χ4v) is 5.51. The van der Waals surface area contributed by atoms with Crippen molar-refractivity contribution in [1.29, 1.82) is 0 Å². The maximum Gasteiger partial charge on any atom is 0.330 e. The molecule has 0 fully saturated rings. The van der Waals surface area contributed by atoms with Crippen LogP contribution in [0.3, 0.4) is 0 Å². The molecule has 0 heterocycles. The van der Waals surface area contributed by atoms with Crippen LogP contribution in [-0.4, -0.2) is 165 Å². The highest BCUT2D eigenvalue weighted by atomic mass is 16.6. The van der Waals surface area contributed by atoms with E-state index < -0.39 is 81.6 Å². The van der Waals surface area contributed by atoms with Crippen molar-refractivity contribution in [2.75, 3.05) is 106 Å². The zero-order chi connectivity index (χ0) is 55.4. The van der Waals surface area contributed by atoms with Gasteiger partial charge in [0.2, 0.25) is 0 Å². The van der Waals surface area contributed by atoms with E-state index in [1.165, 1.54) is 0 Å². The predicted octanol–water partition coefficient (Wildman–Crippen LogP) is 4.45. The molecule has 0 spiro atoms. The van der Waals surface area contributed by atoms with Crippen LogP contribution in [0.15, 0.2) is 101 Å². The Balaban J connectivity index is 6.13. The van der Waals surface area contributed by atoms with Crippen molar-refractivity contribution in [3.05, 3.63) is 101 Å². The van der Waals surface area contributed by atoms with Gasteiger partial charge in [0, 0.05) is 55.2 Å². The van der Waals surface area contributed by atoms with Crippen molar-refractivity contribution >= 4 is 47.8 Å². The lowest BCUT2D eigenvalue weighted by Gasteiger charge is -2.36. The minimum absolute atomic E-state index is 0.0979. The van der Waals surface area contributed by atoms with Gasteiger partial charge in [-0.3, -0.25) is 0 Å². The molecule has 0 bridgehead atoms. The molecule has 0 rings (SSSR count). The Labute approximate surface area is 428 Å². The number of ether oxygens (including phenoxy) is 13. The molecular formula is C52H74O21. The molecule has 0 unspecified atom stereocenters. The molecular weight excluding hydrogens is 961 g/mol. The van der Waals surface area contributed by atoms with Crippen LogP contribution in [0.4, 0.5) is 0 Å². The molecule has 0 saturated carbocycles. The molecule has 0 aliphatic heterocycles. The van der Waals surface area contributed by atoms with Gasteiger partial charge in [-0.2, -0.15) is 0 Å². The first-order chi connectivity index (χ1) is 34.5. The van der Waals surface area contributed by atoms with E-state index in [0.29, 0.717) is 12.8 Å². The summed E-state index contributed by atoms with van der Waals surface area (Å²) in [6, 6.07) is 0. The number of carbonyl (C=O) groups is 8. The van der Waals surface area contributed by atoms with Crippen LogP contribution in [0.1, 0.15) is 40.5 Å². The van der Waals surface area contributed by atoms with E-state index in [4.69, 9.17) is 61.6 Å². The SMILES string of the molecule is C=CC(=O)OCC(COCC(COCCC(C)(C)OCCC(C)(C)OCC(COCC(COC(=O)C=C)COC(=O)C=C)(COC(=O)C=C)COC(=O)C=C)(COC(=O)C=C)COC(=O)C=C)COC(=O)C=C. The number of esters is 8. The molecule has 0 aromatic heterocycles. The van der Waals surface area contributed by atoms with Crippen LogP contribution in [0.25, 0.3) is 0 Å². The smallest absolute Gasteiger partial charge is 0.330 e. The third-order valence-corrected chi connectivity index (χ3v) is 10.0. The van der Waals surface area contributed by atoms with E-state index in [0.717, 1.165) is 48.6 Å². The molecule has 73 heavy (non-hydrogen) atoms. The van der Waals surface area contributed by atoms with Gasteiger partial charge in [-0.1, -0.05) is 52.6 Å². The second-order valence-corrected chi connectivity index (χ2v) is 17.6. The second-order valence-electron chi connectivity index (χ2n) is 17.6. The molecule has 0 aromatic rings. The van der Waals surface area contributed by atoms with Crippen molar-refractivity contribution in [1.82, 2.24) is 0 Å². The Bertz CT molecular complexity index is 1780. The van der Waals surface area contributed by atoms with Crippen LogP contribution in [0, 0.1) is 22.7 Å². The topological polar surface area (TPSA) is 257 Å². The molecule has 0 aromatic carbocycles. The third-order valence-electron chi connectivity index (χ3n) is 10.0. The number of hydrogen-bond acceptors (Lipinski definition) is 21. The summed E-state index contributed by atoms with van der Waals surface area (Å²) in [5.41, 5.74) is -4.30. The first kappa shape index (κ1) is 66.5. The normalized spacial score (nSPS) is 11.5. The van der Waals surface area contributed by atoms with E-state index >= 15 is 0 Å². The highest BCUT2D eigenvalue weighted by Gasteiger charge is 2.39. The van der Waals surface area contributed by atoms with Crippen LogP contribution in [0.2, 0.25) is 0 Å². The highest BCUT2D eigenvalue weighted by molar-refractivity contribution is 5.83. The van der Waals surface area contributed by atoms with Gasteiger partial charge in [0.25, 0.3) is 0 Å². The first-order valence-corrected chi connectivity index (χ1v) is 22.9. The average molecular weight is 1040 g/mol. The van der Waals surface area contributed by atoms with Gasteiger partial charge in [0.1, 0.15) is 26.4 Å². The Morgan fingerprint density at radius 3 is 0.904 bits per heavy atom. The minimum atomic E-state index is -1.32. The Morgan fingerprint density at radius 2 is 0.589 bits per heavy atom. The van der Waals surface area contributed by atoms with Gasteiger partial charge in [0.05, 0.1) is 107 Å². The maximum absolute atomic E-state index is 12.3.